The van der Waals surface area contributed by atoms with Crippen LogP contribution in [-0.4, -0.2) is 129 Å². The zero-order chi connectivity index (χ0) is 48.4. The molecule has 4 amide bonds. The number of cyclic esters (lactones) is 1. The summed E-state index contributed by atoms with van der Waals surface area (Å²) in [6.45, 7) is 16.1. The van der Waals surface area contributed by atoms with Gasteiger partial charge in [-0.1, -0.05) is 32.6 Å². The lowest BCUT2D eigenvalue weighted by atomic mass is 9.72. The van der Waals surface area contributed by atoms with Crippen molar-refractivity contribution in [2.45, 2.75) is 115 Å². The van der Waals surface area contributed by atoms with Crippen molar-refractivity contribution in [2.24, 2.45) is 11.3 Å². The van der Waals surface area contributed by atoms with Gasteiger partial charge in [0.25, 0.3) is 5.91 Å². The molecule has 16 heteroatoms. The number of ether oxygens (including phenoxy) is 2. The predicted octanol–water partition coefficient (Wildman–Crippen LogP) is 4.82. The maximum Gasteiger partial charge on any atom is 0.324 e. The first kappa shape index (κ1) is 47.0. The molecule has 2 aromatic heterocycles. The lowest BCUT2D eigenvalue weighted by Crippen LogP contribution is -2.64. The summed E-state index contributed by atoms with van der Waals surface area (Å²) in [4.78, 5) is 79.1. The fourth-order valence-corrected chi connectivity index (χ4v) is 11.2. The summed E-state index contributed by atoms with van der Waals surface area (Å²) < 4.78 is 14.2. The van der Waals surface area contributed by atoms with Crippen molar-refractivity contribution in [3.63, 3.8) is 0 Å². The average molecular weight is 929 g/mol. The van der Waals surface area contributed by atoms with Gasteiger partial charge in [-0.15, -0.1) is 0 Å². The van der Waals surface area contributed by atoms with E-state index in [2.05, 4.69) is 66.2 Å². The van der Waals surface area contributed by atoms with E-state index in [9.17, 15) is 29.1 Å². The van der Waals surface area contributed by atoms with Crippen LogP contribution in [0, 0.1) is 11.3 Å². The minimum atomic E-state index is -1.21. The zero-order valence-electron chi connectivity index (χ0n) is 40.2. The molecule has 0 unspecified atom stereocenters. The second kappa shape index (κ2) is 18.1. The van der Waals surface area contributed by atoms with Crippen molar-refractivity contribution < 1.29 is 38.6 Å². The van der Waals surface area contributed by atoms with E-state index in [0.717, 1.165) is 39.0 Å². The molecule has 8 bridgehead atoms. The second-order valence-electron chi connectivity index (χ2n) is 20.4. The first-order valence-corrected chi connectivity index (χ1v) is 23.9. The second-order valence-corrected chi connectivity index (χ2v) is 20.4. The van der Waals surface area contributed by atoms with Gasteiger partial charge in [0.05, 0.1) is 30.1 Å². The number of hydrogen-bond acceptors (Lipinski definition) is 11. The number of rotatable bonds is 10. The summed E-state index contributed by atoms with van der Waals surface area (Å²) in [6.07, 6.45) is 3.96. The molecule has 7 heterocycles. The van der Waals surface area contributed by atoms with Crippen molar-refractivity contribution >= 4 is 40.5 Å². The van der Waals surface area contributed by atoms with E-state index in [1.54, 1.807) is 44.3 Å². The number of carbonyl (C=O) groups is 5. The van der Waals surface area contributed by atoms with Gasteiger partial charge in [-0.05, 0) is 123 Å². The Hall–Kier alpha value is -6.10. The minimum absolute atomic E-state index is 0.0228. The van der Waals surface area contributed by atoms with E-state index in [4.69, 9.17) is 14.5 Å². The SMILES string of the molecule is C=C(C)[C@@H](C(=O)N[C@H]1Cc2cc(O)cc(c2)-c2ccc3c(c2)c(c(-c2cccnc2[C@H](C)OC)n3CC)CC(C)(C)COC(=O)[C@@H]2CCCN(N2)C1=O)N(C)C(=O)C12CC(CN1C(=O)[C@H]1CN1)C2. The van der Waals surface area contributed by atoms with Crippen molar-refractivity contribution in [3.8, 4) is 28.1 Å². The van der Waals surface area contributed by atoms with Crippen LogP contribution in [0.15, 0.2) is 66.9 Å². The van der Waals surface area contributed by atoms with Crippen LogP contribution < -0.4 is 16.1 Å². The quantitative estimate of drug-likeness (QED) is 0.0968. The number of phenols is 1. The van der Waals surface area contributed by atoms with E-state index in [0.29, 0.717) is 68.4 Å². The highest BCUT2D eigenvalue weighted by molar-refractivity contribution is 6.00. The molecular weight excluding hydrogens is 865 g/mol. The third kappa shape index (κ3) is 8.55. The number of pyridine rings is 1. The Morgan fingerprint density at radius 1 is 1.12 bits per heavy atom. The maximum absolute atomic E-state index is 14.8. The van der Waals surface area contributed by atoms with Gasteiger partial charge < -0.3 is 39.6 Å². The minimum Gasteiger partial charge on any atom is -0.508 e. The Morgan fingerprint density at radius 3 is 2.59 bits per heavy atom. The van der Waals surface area contributed by atoms with Crippen LogP contribution in [0.3, 0.4) is 0 Å². The topological polar surface area (TPSA) is 198 Å². The van der Waals surface area contributed by atoms with Gasteiger partial charge in [0.15, 0.2) is 0 Å². The normalized spacial score (nSPS) is 25.2. The zero-order valence-corrected chi connectivity index (χ0v) is 40.2. The number of esters is 1. The van der Waals surface area contributed by atoms with E-state index in [1.807, 2.05) is 25.1 Å². The Labute approximate surface area is 397 Å². The summed E-state index contributed by atoms with van der Waals surface area (Å²) in [7, 11) is 3.22. The molecule has 360 valence electrons. The summed E-state index contributed by atoms with van der Waals surface area (Å²) in [6, 6.07) is 11.9. The third-order valence-electron chi connectivity index (χ3n) is 14.7. The highest BCUT2D eigenvalue weighted by Gasteiger charge is 2.64. The molecule has 1 saturated carbocycles. The number of carbonyl (C=O) groups excluding carboxylic acids is 5. The summed E-state index contributed by atoms with van der Waals surface area (Å²) in [5.41, 5.74) is 8.81. The number of phenolic OH excluding ortho intramolecular Hbond substituents is 1. The van der Waals surface area contributed by atoms with Crippen molar-refractivity contribution in [2.75, 3.05) is 40.4 Å². The van der Waals surface area contributed by atoms with Crippen molar-refractivity contribution in [3.05, 3.63) is 83.7 Å². The third-order valence-corrected chi connectivity index (χ3v) is 14.7. The molecule has 5 aliphatic heterocycles. The lowest BCUT2D eigenvalue weighted by Gasteiger charge is -2.44. The fourth-order valence-electron chi connectivity index (χ4n) is 11.2. The molecule has 5 fully saturated rings. The monoisotopic (exact) mass is 928 g/mol. The molecule has 1 aliphatic carbocycles. The van der Waals surface area contributed by atoms with Crippen LogP contribution in [0.5, 0.6) is 5.75 Å². The van der Waals surface area contributed by atoms with Crippen LogP contribution in [0.2, 0.25) is 0 Å². The number of amides is 4. The van der Waals surface area contributed by atoms with Gasteiger partial charge in [-0.2, -0.15) is 0 Å². The Kier molecular flexibility index (Phi) is 12.5. The largest absolute Gasteiger partial charge is 0.508 e. The molecule has 0 spiro atoms. The molecule has 4 N–H and O–H groups in total. The van der Waals surface area contributed by atoms with Crippen molar-refractivity contribution in [1.82, 2.24) is 40.4 Å². The number of methoxy groups -OCH3 is 1. The number of aromatic nitrogens is 2. The lowest BCUT2D eigenvalue weighted by molar-refractivity contribution is -0.156. The number of nitrogens with one attached hydrogen (secondary N) is 3. The van der Waals surface area contributed by atoms with Crippen LogP contribution in [-0.2, 0) is 52.8 Å². The first-order chi connectivity index (χ1) is 32.4. The maximum atomic E-state index is 14.8. The number of likely N-dealkylation sites (N-methyl/N-ethyl adjacent to an activating group) is 1. The molecule has 4 aromatic rings. The van der Waals surface area contributed by atoms with Gasteiger partial charge in [-0.3, -0.25) is 34.0 Å². The highest BCUT2D eigenvalue weighted by Crippen LogP contribution is 2.52. The van der Waals surface area contributed by atoms with Crippen LogP contribution in [0.4, 0.5) is 0 Å². The number of hydrogen-bond donors (Lipinski definition) is 4. The molecule has 6 aliphatic rings. The van der Waals surface area contributed by atoms with E-state index in [-0.39, 0.29) is 55.2 Å². The first-order valence-electron chi connectivity index (χ1n) is 23.9. The molecule has 2 aromatic carbocycles. The predicted molar refractivity (Wildman–Crippen MR) is 256 cm³/mol. The van der Waals surface area contributed by atoms with Crippen molar-refractivity contribution in [1.29, 1.82) is 0 Å². The number of aromatic hydroxyl groups is 1. The van der Waals surface area contributed by atoms with Gasteiger partial charge in [0.2, 0.25) is 17.7 Å². The molecule has 4 saturated heterocycles. The van der Waals surface area contributed by atoms with Crippen LogP contribution in [0.1, 0.15) is 83.2 Å². The molecular formula is C52H64N8O8. The highest BCUT2D eigenvalue weighted by atomic mass is 16.5. The molecule has 16 nitrogen and oxygen atoms in total. The number of nitrogens with zero attached hydrogens (tertiary/aromatic N) is 5. The van der Waals surface area contributed by atoms with Gasteiger partial charge in [-0.25, -0.2) is 5.43 Å². The molecule has 68 heavy (non-hydrogen) atoms. The number of benzene rings is 2. The molecule has 10 rings (SSSR count). The average Bonchev–Trinajstić information content (AvgIpc) is 3.90. The van der Waals surface area contributed by atoms with E-state index < -0.39 is 46.9 Å². The molecule has 5 atom stereocenters. The smallest absolute Gasteiger partial charge is 0.324 e. The Balaban J connectivity index is 1.11. The molecule has 0 radical (unpaired) electrons. The van der Waals surface area contributed by atoms with E-state index >= 15 is 0 Å². The van der Waals surface area contributed by atoms with E-state index in [1.165, 1.54) is 9.91 Å². The van der Waals surface area contributed by atoms with Gasteiger partial charge in [0, 0.05) is 74.8 Å². The fraction of sp³-hybridized carbons (Fsp3) is 0.500. The number of aryl methyl sites for hydroxylation is 1. The van der Waals surface area contributed by atoms with Gasteiger partial charge in [0.1, 0.15) is 29.4 Å². The number of fused-ring (bicyclic) bond motifs is 7. The number of hydrazine groups is 1. The summed E-state index contributed by atoms with van der Waals surface area (Å²) >= 11 is 0. The standard InChI is InChI=1S/C52H64N8O8/c1-9-58-42-15-14-33-22-37(42)38(45(58)36-12-10-16-53-43(36)30(4)67-8)25-51(5,6)28-68-49(65)39-13-11-17-60(56-39)48(64)40(20-31-18-34(33)21-35(61)19-31)55-46(62)44(29(2)3)57(7)50(66)52-23-32(24-52)27-59(52)47(63)41-26-54-41/h10,12,14-16,18-19,21-22,30,32,39-41,44,54,56,61H,2,9,11,13,17,20,23-28H2,1,3-8H3,(H,55,62)/t30-,32?,39-,40-,41+,44-,52?/m0/s1. The Morgan fingerprint density at radius 2 is 1.88 bits per heavy atom. The van der Waals surface area contributed by atoms with Crippen LogP contribution in [0.25, 0.3) is 33.3 Å². The Bertz CT molecular complexity index is 2700. The van der Waals surface area contributed by atoms with Gasteiger partial charge >= 0.3 is 5.97 Å². The van der Waals surface area contributed by atoms with Crippen LogP contribution >= 0.6 is 0 Å². The summed E-state index contributed by atoms with van der Waals surface area (Å²) in [5.74, 6) is -1.86. The summed E-state index contributed by atoms with van der Waals surface area (Å²) in [5, 5.41) is 19.8.